The van der Waals surface area contributed by atoms with Gasteiger partial charge in [-0.3, -0.25) is 9.67 Å². The van der Waals surface area contributed by atoms with Crippen LogP contribution in [-0.2, 0) is 6.54 Å². The van der Waals surface area contributed by atoms with E-state index in [2.05, 4.69) is 17.0 Å². The first-order valence-electron chi connectivity index (χ1n) is 5.95. The lowest BCUT2D eigenvalue weighted by Crippen LogP contribution is -2.11. The van der Waals surface area contributed by atoms with Crippen LogP contribution < -0.4 is 4.74 Å². The molecule has 0 aliphatic heterocycles. The molecule has 2 heterocycles. The van der Waals surface area contributed by atoms with E-state index >= 15 is 0 Å². The zero-order valence-corrected chi connectivity index (χ0v) is 10.6. The number of aliphatic hydroxyl groups is 1. The van der Waals surface area contributed by atoms with Gasteiger partial charge in [0.1, 0.15) is 11.8 Å². The summed E-state index contributed by atoms with van der Waals surface area (Å²) in [5.41, 5.74) is 1.40. The quantitative estimate of drug-likeness (QED) is 0.875. The average molecular weight is 247 g/mol. The number of nitrogens with zero attached hydrogens (tertiary/aromatic N) is 3. The first-order chi connectivity index (χ1) is 8.77. The van der Waals surface area contributed by atoms with Crippen LogP contribution in [-0.4, -0.2) is 27.0 Å². The second kappa shape index (κ2) is 5.64. The summed E-state index contributed by atoms with van der Waals surface area (Å²) in [6.07, 6.45) is 5.12. The first kappa shape index (κ1) is 12.6. The Hall–Kier alpha value is -1.88. The van der Waals surface area contributed by atoms with E-state index in [-0.39, 0.29) is 0 Å². The summed E-state index contributed by atoms with van der Waals surface area (Å²) in [6, 6.07) is 3.63. The van der Waals surface area contributed by atoms with Crippen molar-refractivity contribution in [2.45, 2.75) is 26.0 Å². The summed E-state index contributed by atoms with van der Waals surface area (Å²) in [4.78, 5) is 4.02. The van der Waals surface area contributed by atoms with Crippen LogP contribution in [0.1, 0.15) is 30.7 Å². The maximum absolute atomic E-state index is 10.4. The Balaban J connectivity index is 2.39. The average Bonchev–Trinajstić information content (AvgIpc) is 2.82. The molecule has 0 aliphatic carbocycles. The lowest BCUT2D eigenvalue weighted by Gasteiger charge is -2.14. The van der Waals surface area contributed by atoms with Gasteiger partial charge in [-0.05, 0) is 12.5 Å². The highest BCUT2D eigenvalue weighted by Crippen LogP contribution is 2.29. The molecule has 0 aromatic carbocycles. The van der Waals surface area contributed by atoms with Crippen molar-refractivity contribution in [2.75, 3.05) is 7.11 Å². The molecule has 1 unspecified atom stereocenters. The molecular formula is C13H17N3O2. The normalized spacial score (nSPS) is 12.4. The highest BCUT2D eigenvalue weighted by atomic mass is 16.5. The molecule has 0 spiro atoms. The fourth-order valence-electron chi connectivity index (χ4n) is 1.90. The van der Waals surface area contributed by atoms with E-state index in [1.807, 2.05) is 6.07 Å². The van der Waals surface area contributed by atoms with Gasteiger partial charge in [-0.2, -0.15) is 5.10 Å². The SMILES string of the molecule is CCCn1ncc(OC)c1C(O)c1cccnc1. The second-order valence-electron chi connectivity index (χ2n) is 4.01. The van der Waals surface area contributed by atoms with Gasteiger partial charge in [-0.25, -0.2) is 0 Å². The topological polar surface area (TPSA) is 60.2 Å². The zero-order chi connectivity index (χ0) is 13.0. The molecule has 96 valence electrons. The lowest BCUT2D eigenvalue weighted by atomic mass is 10.1. The molecule has 0 aliphatic rings. The van der Waals surface area contributed by atoms with Gasteiger partial charge in [-0.1, -0.05) is 13.0 Å². The predicted molar refractivity (Wildman–Crippen MR) is 67.4 cm³/mol. The standard InChI is InChI=1S/C13H17N3O2/c1-3-7-16-12(11(18-2)9-15-16)13(17)10-5-4-6-14-8-10/h4-6,8-9,13,17H,3,7H2,1-2H3. The van der Waals surface area contributed by atoms with Crippen molar-refractivity contribution < 1.29 is 9.84 Å². The van der Waals surface area contributed by atoms with E-state index in [4.69, 9.17) is 4.74 Å². The highest BCUT2D eigenvalue weighted by molar-refractivity contribution is 5.33. The lowest BCUT2D eigenvalue weighted by molar-refractivity contribution is 0.201. The smallest absolute Gasteiger partial charge is 0.163 e. The van der Waals surface area contributed by atoms with Crippen LogP contribution in [0.15, 0.2) is 30.7 Å². The minimum Gasteiger partial charge on any atom is -0.493 e. The molecule has 18 heavy (non-hydrogen) atoms. The minimum atomic E-state index is -0.775. The van der Waals surface area contributed by atoms with Crippen molar-refractivity contribution in [1.82, 2.24) is 14.8 Å². The number of aryl methyl sites for hydroxylation is 1. The third kappa shape index (κ3) is 2.36. The van der Waals surface area contributed by atoms with Crippen LogP contribution >= 0.6 is 0 Å². The molecular weight excluding hydrogens is 230 g/mol. The molecule has 5 nitrogen and oxygen atoms in total. The third-order valence-corrected chi connectivity index (χ3v) is 2.76. The van der Waals surface area contributed by atoms with Gasteiger partial charge in [0.05, 0.1) is 13.3 Å². The van der Waals surface area contributed by atoms with E-state index in [1.165, 1.54) is 0 Å². The molecule has 0 saturated carbocycles. The van der Waals surface area contributed by atoms with E-state index in [0.29, 0.717) is 11.4 Å². The summed E-state index contributed by atoms with van der Waals surface area (Å²) >= 11 is 0. The molecule has 0 amide bonds. The van der Waals surface area contributed by atoms with Gasteiger partial charge in [0.15, 0.2) is 5.75 Å². The number of ether oxygens (including phenoxy) is 1. The number of aliphatic hydroxyl groups excluding tert-OH is 1. The number of hydrogen-bond acceptors (Lipinski definition) is 4. The number of pyridine rings is 1. The van der Waals surface area contributed by atoms with Crippen LogP contribution in [0.5, 0.6) is 5.75 Å². The van der Waals surface area contributed by atoms with Gasteiger partial charge in [0.2, 0.25) is 0 Å². The largest absolute Gasteiger partial charge is 0.493 e. The van der Waals surface area contributed by atoms with Crippen LogP contribution in [0, 0.1) is 0 Å². The van der Waals surface area contributed by atoms with E-state index in [1.54, 1.807) is 36.4 Å². The van der Waals surface area contributed by atoms with Gasteiger partial charge >= 0.3 is 0 Å². The molecule has 0 fully saturated rings. The van der Waals surface area contributed by atoms with E-state index < -0.39 is 6.10 Å². The molecule has 1 atom stereocenters. The number of rotatable bonds is 5. The fraction of sp³-hybridized carbons (Fsp3) is 0.385. The Bertz CT molecular complexity index is 496. The summed E-state index contributed by atoms with van der Waals surface area (Å²) in [5.74, 6) is 0.597. The van der Waals surface area contributed by atoms with Crippen molar-refractivity contribution >= 4 is 0 Å². The first-order valence-corrected chi connectivity index (χ1v) is 5.95. The van der Waals surface area contributed by atoms with Crippen LogP contribution in [0.3, 0.4) is 0 Å². The molecule has 0 radical (unpaired) electrons. The Morgan fingerprint density at radius 1 is 1.44 bits per heavy atom. The van der Waals surface area contributed by atoms with Gasteiger partial charge in [-0.15, -0.1) is 0 Å². The summed E-state index contributed by atoms with van der Waals surface area (Å²) < 4.78 is 7.03. The maximum atomic E-state index is 10.4. The monoisotopic (exact) mass is 247 g/mol. The van der Waals surface area contributed by atoms with Gasteiger partial charge < -0.3 is 9.84 Å². The molecule has 2 aromatic rings. The maximum Gasteiger partial charge on any atom is 0.163 e. The fourth-order valence-corrected chi connectivity index (χ4v) is 1.90. The molecule has 5 heteroatoms. The van der Waals surface area contributed by atoms with Crippen LogP contribution in [0.25, 0.3) is 0 Å². The molecule has 0 bridgehead atoms. The minimum absolute atomic E-state index is 0.597. The predicted octanol–water partition coefficient (Wildman–Crippen LogP) is 1.78. The van der Waals surface area contributed by atoms with Gasteiger partial charge in [0.25, 0.3) is 0 Å². The van der Waals surface area contributed by atoms with Gasteiger partial charge in [0, 0.05) is 24.5 Å². The van der Waals surface area contributed by atoms with Crippen molar-refractivity contribution in [3.63, 3.8) is 0 Å². The molecule has 1 N–H and O–H groups in total. The van der Waals surface area contributed by atoms with E-state index in [9.17, 15) is 5.11 Å². The summed E-state index contributed by atoms with van der Waals surface area (Å²) in [5, 5.41) is 14.7. The van der Waals surface area contributed by atoms with Crippen molar-refractivity contribution in [3.8, 4) is 5.75 Å². The Morgan fingerprint density at radius 2 is 2.28 bits per heavy atom. The Labute approximate surface area is 106 Å². The third-order valence-electron chi connectivity index (χ3n) is 2.76. The zero-order valence-electron chi connectivity index (χ0n) is 10.6. The van der Waals surface area contributed by atoms with Crippen LogP contribution in [0.2, 0.25) is 0 Å². The Morgan fingerprint density at radius 3 is 2.89 bits per heavy atom. The molecule has 2 rings (SSSR count). The van der Waals surface area contributed by atoms with Crippen molar-refractivity contribution in [3.05, 3.63) is 42.0 Å². The van der Waals surface area contributed by atoms with Crippen LogP contribution in [0.4, 0.5) is 0 Å². The summed E-state index contributed by atoms with van der Waals surface area (Å²) in [7, 11) is 1.58. The number of methoxy groups -OCH3 is 1. The second-order valence-corrected chi connectivity index (χ2v) is 4.01. The number of hydrogen-bond donors (Lipinski definition) is 1. The van der Waals surface area contributed by atoms with Crippen molar-refractivity contribution in [1.29, 1.82) is 0 Å². The van der Waals surface area contributed by atoms with Crippen molar-refractivity contribution in [2.24, 2.45) is 0 Å². The Kier molecular flexibility index (Phi) is 3.94. The molecule has 0 saturated heterocycles. The van der Waals surface area contributed by atoms with E-state index in [0.717, 1.165) is 18.5 Å². The number of aromatic nitrogens is 3. The molecule has 2 aromatic heterocycles. The highest BCUT2D eigenvalue weighted by Gasteiger charge is 2.21. The summed E-state index contributed by atoms with van der Waals surface area (Å²) in [6.45, 7) is 2.81.